The zero-order valence-corrected chi connectivity index (χ0v) is 16.9. The molecule has 0 saturated carbocycles. The van der Waals surface area contributed by atoms with Gasteiger partial charge < -0.3 is 9.30 Å². The summed E-state index contributed by atoms with van der Waals surface area (Å²) in [4.78, 5) is 17.1. The number of para-hydroxylation sites is 1. The van der Waals surface area contributed by atoms with E-state index in [1.165, 1.54) is 30.6 Å². The number of benzene rings is 2. The van der Waals surface area contributed by atoms with Crippen LogP contribution < -0.4 is 9.54 Å². The number of fused-ring (bicyclic) bond motifs is 1. The third-order valence-electron chi connectivity index (χ3n) is 4.25. The summed E-state index contributed by atoms with van der Waals surface area (Å²) in [5, 5.41) is 0. The quantitative estimate of drug-likeness (QED) is 0.655. The second kappa shape index (κ2) is 7.66. The van der Waals surface area contributed by atoms with Gasteiger partial charge in [-0.1, -0.05) is 23.5 Å². The lowest BCUT2D eigenvalue weighted by Gasteiger charge is -2.04. The van der Waals surface area contributed by atoms with Crippen molar-refractivity contribution in [2.24, 2.45) is 12.0 Å². The molecule has 0 N–H and O–H groups in total. The number of hydrogen-bond donors (Lipinski definition) is 0. The molecule has 0 radical (unpaired) electrons. The normalized spacial score (nSPS) is 12.5. The highest BCUT2D eigenvalue weighted by molar-refractivity contribution is 7.91. The van der Waals surface area contributed by atoms with Gasteiger partial charge in [0.1, 0.15) is 5.75 Å². The third-order valence-corrected chi connectivity index (χ3v) is 7.08. The number of sulfone groups is 1. The summed E-state index contributed by atoms with van der Waals surface area (Å²) >= 11 is 1.41. The van der Waals surface area contributed by atoms with Gasteiger partial charge in [-0.15, -0.1) is 0 Å². The molecule has 0 aliphatic rings. The van der Waals surface area contributed by atoms with E-state index in [1.54, 1.807) is 12.1 Å². The standard InChI is InChI=1S/C19H20N2O4S2/c1-13-5-4-6-16-18(13)21(2)19(26-16)20-17(22)11-12-27(23,24)15-9-7-14(25-3)8-10-15/h4-10H,11-12H2,1-3H3. The van der Waals surface area contributed by atoms with E-state index in [2.05, 4.69) is 4.99 Å². The number of nitrogens with zero attached hydrogens (tertiary/aromatic N) is 2. The van der Waals surface area contributed by atoms with Crippen LogP contribution in [0.1, 0.15) is 12.0 Å². The molecule has 0 atom stereocenters. The second-order valence-electron chi connectivity index (χ2n) is 6.12. The molecule has 0 aliphatic heterocycles. The first kappa shape index (κ1) is 19.3. The average Bonchev–Trinajstić information content (AvgIpc) is 2.97. The van der Waals surface area contributed by atoms with Crippen molar-refractivity contribution in [1.29, 1.82) is 0 Å². The summed E-state index contributed by atoms with van der Waals surface area (Å²) in [7, 11) is -0.188. The topological polar surface area (TPSA) is 77.7 Å². The van der Waals surface area contributed by atoms with Crippen LogP contribution in [0, 0.1) is 6.92 Å². The van der Waals surface area contributed by atoms with Crippen molar-refractivity contribution in [2.45, 2.75) is 18.2 Å². The van der Waals surface area contributed by atoms with Gasteiger partial charge in [-0.25, -0.2) is 8.42 Å². The molecule has 6 nitrogen and oxygen atoms in total. The molecule has 142 valence electrons. The average molecular weight is 405 g/mol. The van der Waals surface area contributed by atoms with Gasteiger partial charge in [0.25, 0.3) is 0 Å². The Morgan fingerprint density at radius 2 is 1.89 bits per heavy atom. The summed E-state index contributed by atoms with van der Waals surface area (Å²) in [5.74, 6) is -0.158. The number of thiazole rings is 1. The van der Waals surface area contributed by atoms with Crippen molar-refractivity contribution >= 4 is 37.3 Å². The van der Waals surface area contributed by atoms with E-state index >= 15 is 0 Å². The van der Waals surface area contributed by atoms with E-state index < -0.39 is 15.7 Å². The van der Waals surface area contributed by atoms with E-state index in [4.69, 9.17) is 4.74 Å². The van der Waals surface area contributed by atoms with E-state index in [1.807, 2.05) is 36.7 Å². The molecule has 0 unspecified atom stereocenters. The van der Waals surface area contributed by atoms with Crippen molar-refractivity contribution in [3.63, 3.8) is 0 Å². The lowest BCUT2D eigenvalue weighted by atomic mass is 10.2. The van der Waals surface area contributed by atoms with E-state index in [0.29, 0.717) is 10.6 Å². The van der Waals surface area contributed by atoms with Gasteiger partial charge in [-0.3, -0.25) is 4.79 Å². The molecule has 27 heavy (non-hydrogen) atoms. The summed E-state index contributed by atoms with van der Waals surface area (Å²) < 4.78 is 32.7. The Morgan fingerprint density at radius 3 is 2.52 bits per heavy atom. The Kier molecular flexibility index (Phi) is 5.48. The molecule has 0 saturated heterocycles. The molecule has 3 aromatic rings. The molecule has 0 spiro atoms. The highest BCUT2D eigenvalue weighted by Crippen LogP contribution is 2.20. The highest BCUT2D eigenvalue weighted by atomic mass is 32.2. The van der Waals surface area contributed by atoms with Crippen molar-refractivity contribution in [2.75, 3.05) is 12.9 Å². The number of ether oxygens (including phenoxy) is 1. The van der Waals surface area contributed by atoms with Crippen LogP contribution in [-0.4, -0.2) is 31.8 Å². The van der Waals surface area contributed by atoms with Crippen LogP contribution in [0.4, 0.5) is 0 Å². The molecular formula is C19H20N2O4S2. The van der Waals surface area contributed by atoms with Gasteiger partial charge in [-0.2, -0.15) is 4.99 Å². The van der Waals surface area contributed by atoms with Crippen molar-refractivity contribution in [1.82, 2.24) is 4.57 Å². The maximum absolute atomic E-state index is 12.4. The lowest BCUT2D eigenvalue weighted by molar-refractivity contribution is -0.117. The number of aryl methyl sites for hydroxylation is 2. The molecule has 2 aromatic carbocycles. The summed E-state index contributed by atoms with van der Waals surface area (Å²) in [6, 6.07) is 12.1. The minimum atomic E-state index is -3.55. The largest absolute Gasteiger partial charge is 0.497 e. The lowest BCUT2D eigenvalue weighted by Crippen LogP contribution is -2.16. The Morgan fingerprint density at radius 1 is 1.19 bits per heavy atom. The van der Waals surface area contributed by atoms with Crippen LogP contribution >= 0.6 is 11.3 Å². The third kappa shape index (κ3) is 4.12. The van der Waals surface area contributed by atoms with Crippen LogP contribution in [0.3, 0.4) is 0 Å². The number of methoxy groups -OCH3 is 1. The minimum absolute atomic E-state index is 0.165. The Hall–Kier alpha value is -2.45. The molecular weight excluding hydrogens is 384 g/mol. The smallest absolute Gasteiger partial charge is 0.249 e. The molecule has 1 amide bonds. The fourth-order valence-electron chi connectivity index (χ4n) is 2.79. The summed E-state index contributed by atoms with van der Waals surface area (Å²) in [6.45, 7) is 2.00. The maximum atomic E-state index is 12.4. The Bertz CT molecular complexity index is 1160. The molecule has 0 fully saturated rings. The molecule has 0 bridgehead atoms. The number of hydrogen-bond acceptors (Lipinski definition) is 5. The zero-order chi connectivity index (χ0) is 19.6. The first-order chi connectivity index (χ1) is 12.8. The Labute approximate surface area is 161 Å². The predicted molar refractivity (Wildman–Crippen MR) is 106 cm³/mol. The van der Waals surface area contributed by atoms with Gasteiger partial charge in [0, 0.05) is 13.5 Å². The number of carbonyl (C=O) groups is 1. The number of rotatable bonds is 5. The fourth-order valence-corrected chi connectivity index (χ4v) is 5.13. The second-order valence-corrected chi connectivity index (χ2v) is 9.23. The van der Waals surface area contributed by atoms with Crippen LogP contribution in [0.5, 0.6) is 5.75 Å². The van der Waals surface area contributed by atoms with E-state index in [-0.39, 0.29) is 17.1 Å². The number of aromatic nitrogens is 1. The van der Waals surface area contributed by atoms with Gasteiger partial charge in [-0.05, 0) is 42.8 Å². The first-order valence-corrected chi connectivity index (χ1v) is 10.8. The van der Waals surface area contributed by atoms with Gasteiger partial charge in [0.15, 0.2) is 14.6 Å². The highest BCUT2D eigenvalue weighted by Gasteiger charge is 2.17. The van der Waals surface area contributed by atoms with Crippen molar-refractivity contribution in [3.8, 4) is 5.75 Å². The predicted octanol–water partition coefficient (Wildman–Crippen LogP) is 2.85. The van der Waals surface area contributed by atoms with Gasteiger partial charge in [0.2, 0.25) is 5.91 Å². The molecule has 1 aromatic heterocycles. The Balaban J connectivity index is 1.78. The SMILES string of the molecule is COc1ccc(S(=O)(=O)CCC(=O)N=c2sc3cccc(C)c3n2C)cc1. The summed E-state index contributed by atoms with van der Waals surface area (Å²) in [6.07, 6.45) is -0.165. The van der Waals surface area contributed by atoms with Crippen LogP contribution in [0.25, 0.3) is 10.2 Å². The zero-order valence-electron chi connectivity index (χ0n) is 15.3. The van der Waals surface area contributed by atoms with Crippen LogP contribution in [0.15, 0.2) is 52.4 Å². The minimum Gasteiger partial charge on any atom is -0.497 e. The molecule has 3 rings (SSSR count). The number of carbonyl (C=O) groups excluding carboxylic acids is 1. The van der Waals surface area contributed by atoms with E-state index in [9.17, 15) is 13.2 Å². The molecule has 0 aliphatic carbocycles. The monoisotopic (exact) mass is 404 g/mol. The van der Waals surface area contributed by atoms with Crippen LogP contribution in [0.2, 0.25) is 0 Å². The first-order valence-electron chi connectivity index (χ1n) is 8.31. The van der Waals surface area contributed by atoms with E-state index in [0.717, 1.165) is 15.8 Å². The van der Waals surface area contributed by atoms with Crippen molar-refractivity contribution < 1.29 is 17.9 Å². The van der Waals surface area contributed by atoms with Gasteiger partial charge in [0.05, 0.1) is 28.0 Å². The van der Waals surface area contributed by atoms with Crippen LogP contribution in [-0.2, 0) is 21.7 Å². The molecule has 1 heterocycles. The maximum Gasteiger partial charge on any atom is 0.249 e. The van der Waals surface area contributed by atoms with Gasteiger partial charge >= 0.3 is 0 Å². The summed E-state index contributed by atoms with van der Waals surface area (Å²) in [5.41, 5.74) is 2.13. The molecule has 8 heteroatoms. The van der Waals surface area contributed by atoms with Crippen molar-refractivity contribution in [3.05, 3.63) is 52.8 Å². The number of amides is 1. The fraction of sp³-hybridized carbons (Fsp3) is 0.263.